The molecule has 1 aromatic carbocycles. The molecule has 140 valence electrons. The van der Waals surface area contributed by atoms with E-state index in [0.717, 1.165) is 25.0 Å². The topological polar surface area (TPSA) is 60.5 Å². The molecule has 2 aromatic rings. The Morgan fingerprint density at radius 3 is 3.00 bits per heavy atom. The van der Waals surface area contributed by atoms with Crippen LogP contribution in [-0.2, 0) is 17.5 Å². The summed E-state index contributed by atoms with van der Waals surface area (Å²) < 4.78 is 48.9. The standard InChI is InChI=1S/C17H17F3N2O3S/c18-17(19,20)11-3-1-4-12(7-11)25-9-15-22-14(10-26-15)16(23)21-8-13-5-2-6-24-13/h1,3-4,7,10,13H,2,5-6,8-9H2,(H,21,23). The first-order chi connectivity index (χ1) is 12.4. The van der Waals surface area contributed by atoms with Gasteiger partial charge in [0.15, 0.2) is 0 Å². The maximum atomic E-state index is 12.7. The van der Waals surface area contributed by atoms with Gasteiger partial charge in [0.05, 0.1) is 11.7 Å². The van der Waals surface area contributed by atoms with Crippen molar-refractivity contribution in [2.45, 2.75) is 31.7 Å². The number of hydrogen-bond acceptors (Lipinski definition) is 5. The molecule has 0 spiro atoms. The largest absolute Gasteiger partial charge is 0.486 e. The van der Waals surface area contributed by atoms with Crippen molar-refractivity contribution in [3.05, 3.63) is 45.9 Å². The number of hydrogen-bond donors (Lipinski definition) is 1. The molecule has 0 saturated carbocycles. The maximum Gasteiger partial charge on any atom is 0.416 e. The van der Waals surface area contributed by atoms with Gasteiger partial charge < -0.3 is 14.8 Å². The lowest BCUT2D eigenvalue weighted by molar-refractivity contribution is -0.137. The number of aromatic nitrogens is 1. The summed E-state index contributed by atoms with van der Waals surface area (Å²) in [6.07, 6.45) is -2.46. The summed E-state index contributed by atoms with van der Waals surface area (Å²) in [6.45, 7) is 1.14. The molecule has 1 N–H and O–H groups in total. The van der Waals surface area contributed by atoms with E-state index >= 15 is 0 Å². The first kappa shape index (κ1) is 18.7. The second-order valence-electron chi connectivity index (χ2n) is 5.79. The van der Waals surface area contributed by atoms with Gasteiger partial charge in [-0.1, -0.05) is 6.07 Å². The second-order valence-corrected chi connectivity index (χ2v) is 6.73. The quantitative estimate of drug-likeness (QED) is 0.823. The number of ether oxygens (including phenoxy) is 2. The van der Waals surface area contributed by atoms with Gasteiger partial charge in [-0.05, 0) is 31.0 Å². The smallest absolute Gasteiger partial charge is 0.416 e. The van der Waals surface area contributed by atoms with Gasteiger partial charge in [-0.15, -0.1) is 11.3 Å². The van der Waals surface area contributed by atoms with E-state index in [9.17, 15) is 18.0 Å². The van der Waals surface area contributed by atoms with Gasteiger partial charge in [0.25, 0.3) is 5.91 Å². The van der Waals surface area contributed by atoms with Crippen molar-refractivity contribution in [3.8, 4) is 5.75 Å². The number of rotatable bonds is 6. The predicted molar refractivity (Wildman–Crippen MR) is 89.2 cm³/mol. The fourth-order valence-corrected chi connectivity index (χ4v) is 3.18. The molecular formula is C17H17F3N2O3S. The summed E-state index contributed by atoms with van der Waals surface area (Å²) in [6, 6.07) is 4.64. The van der Waals surface area contributed by atoms with Crippen LogP contribution in [0.4, 0.5) is 13.2 Å². The van der Waals surface area contributed by atoms with Gasteiger partial charge in [-0.25, -0.2) is 4.98 Å². The van der Waals surface area contributed by atoms with Gasteiger partial charge in [0.2, 0.25) is 0 Å². The maximum absolute atomic E-state index is 12.7. The Balaban J connectivity index is 1.52. The van der Waals surface area contributed by atoms with E-state index in [0.29, 0.717) is 18.2 Å². The molecule has 0 aliphatic carbocycles. The number of carbonyl (C=O) groups excluding carboxylic acids is 1. The molecule has 5 nitrogen and oxygen atoms in total. The third-order valence-electron chi connectivity index (χ3n) is 3.82. The van der Waals surface area contributed by atoms with E-state index in [-0.39, 0.29) is 30.1 Å². The Hall–Kier alpha value is -2.13. The van der Waals surface area contributed by atoms with Crippen LogP contribution in [0.1, 0.15) is 33.9 Å². The molecular weight excluding hydrogens is 369 g/mol. The van der Waals surface area contributed by atoms with Gasteiger partial charge in [-0.3, -0.25) is 4.79 Å². The fraction of sp³-hybridized carbons (Fsp3) is 0.412. The SMILES string of the molecule is O=C(NCC1CCCO1)c1csc(COc2cccc(C(F)(F)F)c2)n1. The number of nitrogens with one attached hydrogen (secondary N) is 1. The summed E-state index contributed by atoms with van der Waals surface area (Å²) in [5, 5.41) is 4.86. The molecule has 0 radical (unpaired) electrons. The zero-order valence-corrected chi connectivity index (χ0v) is 14.5. The minimum absolute atomic E-state index is 0.00894. The molecule has 1 aromatic heterocycles. The molecule has 1 aliphatic heterocycles. The lowest BCUT2D eigenvalue weighted by Crippen LogP contribution is -2.31. The van der Waals surface area contributed by atoms with Crippen molar-refractivity contribution < 1.29 is 27.4 Å². The minimum atomic E-state index is -4.42. The Bertz CT molecular complexity index is 758. The molecule has 1 saturated heterocycles. The number of carbonyl (C=O) groups is 1. The minimum Gasteiger partial charge on any atom is -0.486 e. The molecule has 3 rings (SSSR count). The van der Waals surface area contributed by atoms with E-state index in [2.05, 4.69) is 10.3 Å². The third-order valence-corrected chi connectivity index (χ3v) is 4.64. The Morgan fingerprint density at radius 1 is 1.42 bits per heavy atom. The van der Waals surface area contributed by atoms with Gasteiger partial charge in [-0.2, -0.15) is 13.2 Å². The monoisotopic (exact) mass is 386 g/mol. The number of nitrogens with zero attached hydrogens (tertiary/aromatic N) is 1. The molecule has 1 unspecified atom stereocenters. The van der Waals surface area contributed by atoms with Crippen molar-refractivity contribution in [1.29, 1.82) is 0 Å². The van der Waals surface area contributed by atoms with Crippen LogP contribution in [-0.4, -0.2) is 30.1 Å². The van der Waals surface area contributed by atoms with Crippen LogP contribution in [0.3, 0.4) is 0 Å². The number of halogens is 3. The molecule has 1 aliphatic rings. The first-order valence-electron chi connectivity index (χ1n) is 8.06. The summed E-state index contributed by atoms with van der Waals surface area (Å²) in [5.41, 5.74) is -0.515. The highest BCUT2D eigenvalue weighted by molar-refractivity contribution is 7.09. The first-order valence-corrected chi connectivity index (χ1v) is 8.94. The summed E-state index contributed by atoms with van der Waals surface area (Å²) in [5.74, 6) is -0.207. The highest BCUT2D eigenvalue weighted by Gasteiger charge is 2.30. The summed E-state index contributed by atoms with van der Waals surface area (Å²) in [7, 11) is 0. The van der Waals surface area contributed by atoms with Crippen LogP contribution >= 0.6 is 11.3 Å². The lowest BCUT2D eigenvalue weighted by atomic mass is 10.2. The van der Waals surface area contributed by atoms with Crippen LogP contribution < -0.4 is 10.1 Å². The average Bonchev–Trinajstić information content (AvgIpc) is 3.29. The Kier molecular flexibility index (Phi) is 5.77. The Labute approximate surface area is 152 Å². The number of alkyl halides is 3. The van der Waals surface area contributed by atoms with Crippen LogP contribution in [0.5, 0.6) is 5.75 Å². The van der Waals surface area contributed by atoms with E-state index in [1.807, 2.05) is 0 Å². The van der Waals surface area contributed by atoms with E-state index in [1.54, 1.807) is 5.38 Å². The zero-order chi connectivity index (χ0) is 18.6. The second kappa shape index (κ2) is 8.05. The van der Waals surface area contributed by atoms with E-state index in [4.69, 9.17) is 9.47 Å². The van der Waals surface area contributed by atoms with Gasteiger partial charge >= 0.3 is 6.18 Å². The van der Waals surface area contributed by atoms with Gasteiger partial charge in [0, 0.05) is 18.5 Å². The van der Waals surface area contributed by atoms with Crippen molar-refractivity contribution in [2.24, 2.45) is 0 Å². The average molecular weight is 386 g/mol. The molecule has 2 heterocycles. The molecule has 9 heteroatoms. The normalized spacial score (nSPS) is 17.3. The molecule has 0 bridgehead atoms. The fourth-order valence-electron chi connectivity index (χ4n) is 2.49. The molecule has 1 atom stereocenters. The van der Waals surface area contributed by atoms with Gasteiger partial charge in [0.1, 0.15) is 23.1 Å². The van der Waals surface area contributed by atoms with Crippen LogP contribution in [0, 0.1) is 0 Å². The van der Waals surface area contributed by atoms with Crippen molar-refractivity contribution in [1.82, 2.24) is 10.3 Å². The van der Waals surface area contributed by atoms with Crippen molar-refractivity contribution in [3.63, 3.8) is 0 Å². The van der Waals surface area contributed by atoms with E-state index in [1.165, 1.54) is 23.5 Å². The van der Waals surface area contributed by atoms with Crippen molar-refractivity contribution >= 4 is 17.2 Å². The summed E-state index contributed by atoms with van der Waals surface area (Å²) >= 11 is 1.21. The number of thiazole rings is 1. The van der Waals surface area contributed by atoms with E-state index < -0.39 is 11.7 Å². The lowest BCUT2D eigenvalue weighted by Gasteiger charge is -2.09. The van der Waals surface area contributed by atoms with Crippen molar-refractivity contribution in [2.75, 3.05) is 13.2 Å². The zero-order valence-electron chi connectivity index (χ0n) is 13.7. The highest BCUT2D eigenvalue weighted by atomic mass is 32.1. The number of benzene rings is 1. The third kappa shape index (κ3) is 4.95. The molecule has 1 amide bonds. The van der Waals surface area contributed by atoms with Crippen LogP contribution in [0.15, 0.2) is 29.6 Å². The summed E-state index contributed by atoms with van der Waals surface area (Å²) in [4.78, 5) is 16.2. The Morgan fingerprint density at radius 2 is 2.27 bits per heavy atom. The molecule has 26 heavy (non-hydrogen) atoms. The van der Waals surface area contributed by atoms with Crippen LogP contribution in [0.25, 0.3) is 0 Å². The van der Waals surface area contributed by atoms with Crippen LogP contribution in [0.2, 0.25) is 0 Å². The molecule has 1 fully saturated rings. The predicted octanol–water partition coefficient (Wildman–Crippen LogP) is 3.65. The highest BCUT2D eigenvalue weighted by Crippen LogP contribution is 2.31. The number of amides is 1.